The summed E-state index contributed by atoms with van der Waals surface area (Å²) < 4.78 is 0. The molecule has 0 unspecified atom stereocenters. The van der Waals surface area contributed by atoms with Gasteiger partial charge in [0.05, 0.1) is 5.71 Å². The van der Waals surface area contributed by atoms with Crippen LogP contribution in [0.15, 0.2) is 16.8 Å². The zero-order valence-electron chi connectivity index (χ0n) is 26.0. The lowest BCUT2D eigenvalue weighted by atomic mass is 9.46. The van der Waals surface area contributed by atoms with Gasteiger partial charge in [-0.15, -0.1) is 6.42 Å². The molecule has 0 radical (unpaired) electrons. The standard InChI is InChI=1S/C33H49N3O6/c1-8-33(41)16-13-25-23-10-9-21-17-22(11-14-31(21,6)24(23)12-15-32(25,33)7)36-42-18-26(37)34-27(19(2)3)29(38)35-28(20(4)5)30(39)40/h1,17,19-20,23-25,27-28,41H,9-16,18H2,2-7H3,(H,34,37)(H,35,38)(H,39,40)/t23-,24-,25-,27+,28+,31+,32+,33-/m1/s1. The molecule has 9 nitrogen and oxygen atoms in total. The zero-order valence-corrected chi connectivity index (χ0v) is 26.0. The highest BCUT2D eigenvalue weighted by Crippen LogP contribution is 2.67. The van der Waals surface area contributed by atoms with Crippen LogP contribution in [-0.2, 0) is 19.2 Å². The molecule has 3 saturated carbocycles. The van der Waals surface area contributed by atoms with Crippen LogP contribution in [-0.4, -0.2) is 58.0 Å². The number of nitrogens with zero attached hydrogens (tertiary/aromatic N) is 1. The second kappa shape index (κ2) is 12.0. The first kappa shape index (κ1) is 32.1. The number of terminal acetylenes is 1. The number of allylic oxidation sites excluding steroid dienone is 2. The lowest BCUT2D eigenvalue weighted by molar-refractivity contribution is -0.143. The first-order valence-electron chi connectivity index (χ1n) is 15.6. The number of nitrogens with one attached hydrogen (secondary N) is 2. The van der Waals surface area contributed by atoms with Crippen LogP contribution in [0.3, 0.4) is 0 Å². The fraction of sp³-hybridized carbons (Fsp3) is 0.758. The minimum absolute atomic E-state index is 0.0825. The number of hydrogen-bond donors (Lipinski definition) is 4. The molecule has 8 atom stereocenters. The van der Waals surface area contributed by atoms with Gasteiger partial charge >= 0.3 is 5.97 Å². The highest BCUT2D eigenvalue weighted by Gasteiger charge is 2.63. The van der Waals surface area contributed by atoms with Gasteiger partial charge in [0.2, 0.25) is 5.91 Å². The molecule has 42 heavy (non-hydrogen) atoms. The topological polar surface area (TPSA) is 137 Å². The maximum absolute atomic E-state index is 12.8. The molecule has 9 heteroatoms. The Hall–Kier alpha value is -2.86. The van der Waals surface area contributed by atoms with E-state index < -0.39 is 35.5 Å². The van der Waals surface area contributed by atoms with Gasteiger partial charge in [-0.05, 0) is 92.4 Å². The van der Waals surface area contributed by atoms with E-state index in [9.17, 15) is 24.6 Å². The summed E-state index contributed by atoms with van der Waals surface area (Å²) in [6, 6.07) is -1.93. The number of carboxylic acids is 1. The number of aliphatic carboxylic acids is 1. The van der Waals surface area contributed by atoms with Gasteiger partial charge in [0.25, 0.3) is 5.91 Å². The molecular weight excluding hydrogens is 534 g/mol. The SMILES string of the molecule is C#C[C@@]1(O)CC[C@@H]2[C@@H]3CCC4=CC(=NOCC(=O)N[C@H](C(=O)N[C@H](C(=O)O)C(C)C)C(C)C)CC[C@]4(C)[C@@H]3CC[C@@]21C. The molecule has 0 aromatic carbocycles. The van der Waals surface area contributed by atoms with Crippen molar-refractivity contribution in [2.24, 2.45) is 45.6 Å². The van der Waals surface area contributed by atoms with E-state index >= 15 is 0 Å². The van der Waals surface area contributed by atoms with Crippen molar-refractivity contribution in [3.05, 3.63) is 11.6 Å². The molecule has 4 N–H and O–H groups in total. The van der Waals surface area contributed by atoms with Crippen LogP contribution in [0.4, 0.5) is 0 Å². The van der Waals surface area contributed by atoms with E-state index in [0.717, 1.165) is 50.7 Å². The van der Waals surface area contributed by atoms with Crippen molar-refractivity contribution >= 4 is 23.5 Å². The van der Waals surface area contributed by atoms with Crippen molar-refractivity contribution in [1.82, 2.24) is 10.6 Å². The number of fused-ring (bicyclic) bond motifs is 5. The molecule has 0 aromatic rings. The quantitative estimate of drug-likeness (QED) is 0.239. The summed E-state index contributed by atoms with van der Waals surface area (Å²) in [6.45, 7) is 11.3. The summed E-state index contributed by atoms with van der Waals surface area (Å²) in [7, 11) is 0. The largest absolute Gasteiger partial charge is 0.480 e. The van der Waals surface area contributed by atoms with Gasteiger partial charge in [-0.2, -0.15) is 0 Å². The van der Waals surface area contributed by atoms with Gasteiger partial charge in [-0.3, -0.25) is 9.59 Å². The second-order valence-corrected chi connectivity index (χ2v) is 14.2. The molecule has 4 aliphatic carbocycles. The predicted molar refractivity (Wildman–Crippen MR) is 160 cm³/mol. The maximum Gasteiger partial charge on any atom is 0.326 e. The van der Waals surface area contributed by atoms with Crippen molar-refractivity contribution < 1.29 is 29.4 Å². The van der Waals surface area contributed by atoms with E-state index in [0.29, 0.717) is 24.2 Å². The normalized spacial score (nSPS) is 36.1. The summed E-state index contributed by atoms with van der Waals surface area (Å²) in [5, 5.41) is 30.1. The maximum atomic E-state index is 12.8. The van der Waals surface area contributed by atoms with Crippen LogP contribution >= 0.6 is 0 Å². The van der Waals surface area contributed by atoms with E-state index in [1.165, 1.54) is 5.57 Å². The van der Waals surface area contributed by atoms with Gasteiger partial charge in [-0.25, -0.2) is 4.79 Å². The third-order valence-electron chi connectivity index (χ3n) is 11.2. The smallest absolute Gasteiger partial charge is 0.326 e. The van der Waals surface area contributed by atoms with Crippen LogP contribution in [0.1, 0.15) is 92.9 Å². The summed E-state index contributed by atoms with van der Waals surface area (Å²) in [4.78, 5) is 42.3. The first-order chi connectivity index (χ1) is 19.7. The van der Waals surface area contributed by atoms with Gasteiger partial charge in [0.15, 0.2) is 6.61 Å². The Bertz CT molecular complexity index is 1190. The average molecular weight is 584 g/mol. The van der Waals surface area contributed by atoms with Gasteiger partial charge in [0.1, 0.15) is 17.7 Å². The first-order valence-corrected chi connectivity index (χ1v) is 15.6. The van der Waals surface area contributed by atoms with E-state index in [4.69, 9.17) is 11.3 Å². The Kier molecular flexibility index (Phi) is 9.18. The molecule has 0 aliphatic heterocycles. The van der Waals surface area contributed by atoms with E-state index in [-0.39, 0.29) is 29.3 Å². The molecule has 4 rings (SSSR count). The molecule has 2 amide bonds. The van der Waals surface area contributed by atoms with Crippen molar-refractivity contribution in [3.63, 3.8) is 0 Å². The Morgan fingerprint density at radius 2 is 1.69 bits per heavy atom. The highest BCUT2D eigenvalue weighted by atomic mass is 16.6. The Morgan fingerprint density at radius 3 is 2.31 bits per heavy atom. The minimum Gasteiger partial charge on any atom is -0.480 e. The van der Waals surface area contributed by atoms with Crippen molar-refractivity contribution in [2.45, 2.75) is 111 Å². The third-order valence-corrected chi connectivity index (χ3v) is 11.2. The van der Waals surface area contributed by atoms with Crippen LogP contribution in [0.2, 0.25) is 0 Å². The number of hydrogen-bond acceptors (Lipinski definition) is 6. The van der Waals surface area contributed by atoms with E-state index in [2.05, 4.69) is 41.6 Å². The average Bonchev–Trinajstić information content (AvgIpc) is 3.20. The molecule has 232 valence electrons. The molecule has 0 spiro atoms. The Balaban J connectivity index is 1.36. The van der Waals surface area contributed by atoms with Crippen molar-refractivity contribution in [3.8, 4) is 12.3 Å². The van der Waals surface area contributed by atoms with Gasteiger partial charge in [0, 0.05) is 5.41 Å². The third kappa shape index (κ3) is 5.71. The van der Waals surface area contributed by atoms with Crippen molar-refractivity contribution in [1.29, 1.82) is 0 Å². The molecular formula is C33H49N3O6. The number of carbonyl (C=O) groups is 3. The highest BCUT2D eigenvalue weighted by molar-refractivity contribution is 5.96. The summed E-state index contributed by atoms with van der Waals surface area (Å²) in [5.74, 6) is 1.62. The summed E-state index contributed by atoms with van der Waals surface area (Å²) in [5.41, 5.74) is 1.09. The van der Waals surface area contributed by atoms with E-state index in [1.807, 2.05) is 0 Å². The monoisotopic (exact) mass is 583 g/mol. The Morgan fingerprint density at radius 1 is 1.02 bits per heavy atom. The molecule has 4 aliphatic rings. The van der Waals surface area contributed by atoms with Crippen LogP contribution < -0.4 is 10.6 Å². The van der Waals surface area contributed by atoms with Gasteiger partial charge < -0.3 is 25.7 Å². The minimum atomic E-state index is -1.12. The number of carboxylic acid groups (broad SMARTS) is 1. The van der Waals surface area contributed by atoms with Gasteiger partial charge in [-0.1, -0.05) is 58.2 Å². The van der Waals surface area contributed by atoms with E-state index in [1.54, 1.807) is 27.7 Å². The molecule has 0 bridgehead atoms. The molecule has 0 aromatic heterocycles. The molecule has 0 heterocycles. The summed E-state index contributed by atoms with van der Waals surface area (Å²) >= 11 is 0. The number of amides is 2. The van der Waals surface area contributed by atoms with Crippen LogP contribution in [0.5, 0.6) is 0 Å². The summed E-state index contributed by atoms with van der Waals surface area (Å²) in [6.07, 6.45) is 15.5. The van der Waals surface area contributed by atoms with Crippen LogP contribution in [0, 0.1) is 52.8 Å². The predicted octanol–water partition coefficient (Wildman–Crippen LogP) is 4.05. The lowest BCUT2D eigenvalue weighted by Gasteiger charge is -2.58. The van der Waals surface area contributed by atoms with Crippen molar-refractivity contribution in [2.75, 3.05) is 6.61 Å². The van der Waals surface area contributed by atoms with Crippen LogP contribution in [0.25, 0.3) is 0 Å². The fourth-order valence-corrected chi connectivity index (χ4v) is 8.58. The molecule has 0 saturated heterocycles. The Labute approximate surface area is 250 Å². The number of carbonyl (C=O) groups excluding carboxylic acids is 2. The zero-order chi connectivity index (χ0) is 31.0. The second-order valence-electron chi connectivity index (χ2n) is 14.2. The number of aliphatic hydroxyl groups is 1. The number of oxime groups is 1. The number of rotatable bonds is 9. The molecule has 3 fully saturated rings. The fourth-order valence-electron chi connectivity index (χ4n) is 8.58. The lowest BCUT2D eigenvalue weighted by Crippen LogP contribution is -2.55.